The fourth-order valence-corrected chi connectivity index (χ4v) is 0.887. The van der Waals surface area contributed by atoms with Crippen molar-refractivity contribution < 1.29 is 14.3 Å². The van der Waals surface area contributed by atoms with Crippen molar-refractivity contribution >= 4 is 12.2 Å². The largest absolute Gasteiger partial charge is 0.486 e. The highest BCUT2D eigenvalue weighted by Crippen LogP contribution is 2.07. The molecule has 0 aliphatic rings. The van der Waals surface area contributed by atoms with Crippen molar-refractivity contribution in [1.82, 2.24) is 5.32 Å². The number of ether oxygens (including phenoxy) is 1. The molecule has 0 bridgehead atoms. The van der Waals surface area contributed by atoms with E-state index in [4.69, 9.17) is 4.74 Å². The van der Waals surface area contributed by atoms with Gasteiger partial charge in [0.1, 0.15) is 12.4 Å². The highest BCUT2D eigenvalue weighted by atomic mass is 16.5. The zero-order chi connectivity index (χ0) is 10.2. The van der Waals surface area contributed by atoms with Crippen LogP contribution in [-0.4, -0.2) is 25.3 Å². The van der Waals surface area contributed by atoms with Gasteiger partial charge in [0.15, 0.2) is 5.78 Å². The van der Waals surface area contributed by atoms with E-state index in [1.54, 1.807) is 12.1 Å². The van der Waals surface area contributed by atoms with Crippen LogP contribution in [0.2, 0.25) is 0 Å². The van der Waals surface area contributed by atoms with Crippen molar-refractivity contribution in [2.24, 2.45) is 0 Å². The standard InChI is InChI=1S/C10H11NO3/c12-8-11-6-9(13)7-14-10-4-2-1-3-5-10/h1-5,8H,6-7H2,(H,11,12). The third kappa shape index (κ3) is 3.71. The number of hydrogen-bond donors (Lipinski definition) is 1. The Morgan fingerprint density at radius 3 is 2.71 bits per heavy atom. The molecule has 0 saturated heterocycles. The van der Waals surface area contributed by atoms with Crippen LogP contribution < -0.4 is 10.1 Å². The van der Waals surface area contributed by atoms with Crippen molar-refractivity contribution in [1.29, 1.82) is 0 Å². The Morgan fingerprint density at radius 1 is 1.36 bits per heavy atom. The average Bonchev–Trinajstić information content (AvgIpc) is 2.25. The molecule has 0 aliphatic carbocycles. The Hall–Kier alpha value is -1.84. The number of ketones is 1. The van der Waals surface area contributed by atoms with Gasteiger partial charge in [-0.1, -0.05) is 18.2 Å². The lowest BCUT2D eigenvalue weighted by molar-refractivity contribution is -0.122. The summed E-state index contributed by atoms with van der Waals surface area (Å²) in [6, 6.07) is 9.04. The highest BCUT2D eigenvalue weighted by molar-refractivity contribution is 5.83. The molecule has 1 aromatic carbocycles. The van der Waals surface area contributed by atoms with Crippen molar-refractivity contribution in [3.63, 3.8) is 0 Å². The van der Waals surface area contributed by atoms with E-state index in [0.717, 1.165) is 0 Å². The van der Waals surface area contributed by atoms with Crippen LogP contribution in [-0.2, 0) is 9.59 Å². The molecule has 0 fully saturated rings. The topological polar surface area (TPSA) is 55.4 Å². The maximum absolute atomic E-state index is 11.0. The number of hydrogen-bond acceptors (Lipinski definition) is 3. The van der Waals surface area contributed by atoms with Gasteiger partial charge in [-0.05, 0) is 12.1 Å². The van der Waals surface area contributed by atoms with Gasteiger partial charge in [0, 0.05) is 0 Å². The molecule has 0 atom stereocenters. The molecule has 0 heterocycles. The number of carbonyl (C=O) groups excluding carboxylic acids is 2. The summed E-state index contributed by atoms with van der Waals surface area (Å²) in [6.07, 6.45) is 0.487. The van der Waals surface area contributed by atoms with Crippen molar-refractivity contribution in [2.75, 3.05) is 13.2 Å². The lowest BCUT2D eigenvalue weighted by Gasteiger charge is -2.03. The second-order valence-corrected chi connectivity index (χ2v) is 2.64. The molecule has 0 radical (unpaired) electrons. The van der Waals surface area contributed by atoms with E-state index < -0.39 is 0 Å². The van der Waals surface area contributed by atoms with Gasteiger partial charge in [0.2, 0.25) is 6.41 Å². The number of rotatable bonds is 6. The van der Waals surface area contributed by atoms with Crippen LogP contribution in [0, 0.1) is 0 Å². The Morgan fingerprint density at radius 2 is 2.07 bits per heavy atom. The lowest BCUT2D eigenvalue weighted by Crippen LogP contribution is -2.25. The van der Waals surface area contributed by atoms with E-state index in [-0.39, 0.29) is 18.9 Å². The SMILES string of the molecule is O=CNCC(=O)COc1ccccc1. The van der Waals surface area contributed by atoms with Crippen LogP contribution in [0.4, 0.5) is 0 Å². The van der Waals surface area contributed by atoms with E-state index in [2.05, 4.69) is 5.32 Å². The molecular weight excluding hydrogens is 182 g/mol. The minimum absolute atomic E-state index is 0.0103. The number of para-hydroxylation sites is 1. The molecule has 0 aromatic heterocycles. The van der Waals surface area contributed by atoms with Gasteiger partial charge < -0.3 is 10.1 Å². The molecule has 1 rings (SSSR count). The Bertz CT molecular complexity index is 297. The first-order valence-electron chi connectivity index (χ1n) is 4.19. The molecule has 0 unspecified atom stereocenters. The zero-order valence-corrected chi connectivity index (χ0v) is 7.60. The number of benzene rings is 1. The number of carbonyl (C=O) groups is 2. The summed E-state index contributed by atoms with van der Waals surface area (Å²) >= 11 is 0. The minimum Gasteiger partial charge on any atom is -0.486 e. The summed E-state index contributed by atoms with van der Waals surface area (Å²) in [7, 11) is 0. The molecule has 0 saturated carbocycles. The molecule has 1 amide bonds. The summed E-state index contributed by atoms with van der Waals surface area (Å²) in [6.45, 7) is -0.0127. The maximum atomic E-state index is 11.0. The molecule has 4 nitrogen and oxygen atoms in total. The zero-order valence-electron chi connectivity index (χ0n) is 7.60. The summed E-state index contributed by atoms with van der Waals surface area (Å²) in [5, 5.41) is 2.27. The second kappa shape index (κ2) is 5.75. The van der Waals surface area contributed by atoms with Crippen LogP contribution in [0.1, 0.15) is 0 Å². The van der Waals surface area contributed by atoms with Gasteiger partial charge in [-0.2, -0.15) is 0 Å². The van der Waals surface area contributed by atoms with E-state index in [0.29, 0.717) is 12.2 Å². The predicted octanol–water partition coefficient (Wildman–Crippen LogP) is 0.380. The van der Waals surface area contributed by atoms with Crippen molar-refractivity contribution in [3.8, 4) is 5.75 Å². The summed E-state index contributed by atoms with van der Waals surface area (Å²) in [5.74, 6) is 0.480. The maximum Gasteiger partial charge on any atom is 0.207 e. The first-order chi connectivity index (χ1) is 6.83. The minimum atomic E-state index is -0.166. The molecular formula is C10H11NO3. The third-order valence-electron chi connectivity index (χ3n) is 1.53. The highest BCUT2D eigenvalue weighted by Gasteiger charge is 2.01. The van der Waals surface area contributed by atoms with Gasteiger partial charge in [0.25, 0.3) is 0 Å². The first kappa shape index (κ1) is 10.2. The molecule has 0 aliphatic heterocycles. The fraction of sp³-hybridized carbons (Fsp3) is 0.200. The second-order valence-electron chi connectivity index (χ2n) is 2.64. The van der Waals surface area contributed by atoms with Crippen molar-refractivity contribution in [3.05, 3.63) is 30.3 Å². The van der Waals surface area contributed by atoms with E-state index >= 15 is 0 Å². The Balaban J connectivity index is 2.27. The van der Waals surface area contributed by atoms with Crippen LogP contribution in [0.3, 0.4) is 0 Å². The number of Topliss-reactive ketones (excluding diaryl/α,β-unsaturated/α-hetero) is 1. The van der Waals surface area contributed by atoms with E-state index in [1.807, 2.05) is 18.2 Å². The third-order valence-corrected chi connectivity index (χ3v) is 1.53. The Labute approximate surface area is 81.9 Å². The molecule has 1 N–H and O–H groups in total. The number of nitrogens with one attached hydrogen (secondary N) is 1. The molecule has 1 aromatic rings. The van der Waals surface area contributed by atoms with Gasteiger partial charge in [-0.3, -0.25) is 9.59 Å². The van der Waals surface area contributed by atoms with Gasteiger partial charge in [-0.15, -0.1) is 0 Å². The number of amides is 1. The van der Waals surface area contributed by atoms with E-state index in [1.165, 1.54) is 0 Å². The monoisotopic (exact) mass is 193 g/mol. The first-order valence-corrected chi connectivity index (χ1v) is 4.19. The van der Waals surface area contributed by atoms with Crippen molar-refractivity contribution in [2.45, 2.75) is 0 Å². The lowest BCUT2D eigenvalue weighted by atomic mass is 10.3. The van der Waals surface area contributed by atoms with Crippen LogP contribution in [0.15, 0.2) is 30.3 Å². The molecule has 14 heavy (non-hydrogen) atoms. The normalized spacial score (nSPS) is 9.14. The van der Waals surface area contributed by atoms with Gasteiger partial charge in [-0.25, -0.2) is 0 Å². The summed E-state index contributed by atoms with van der Waals surface area (Å²) in [5.41, 5.74) is 0. The van der Waals surface area contributed by atoms with Crippen LogP contribution >= 0.6 is 0 Å². The van der Waals surface area contributed by atoms with Gasteiger partial charge >= 0.3 is 0 Å². The Kier molecular flexibility index (Phi) is 4.20. The molecule has 74 valence electrons. The molecule has 4 heteroatoms. The van der Waals surface area contributed by atoms with Crippen LogP contribution in [0.5, 0.6) is 5.75 Å². The summed E-state index contributed by atoms with van der Waals surface area (Å²) in [4.78, 5) is 20.9. The summed E-state index contributed by atoms with van der Waals surface area (Å²) < 4.78 is 5.16. The van der Waals surface area contributed by atoms with E-state index in [9.17, 15) is 9.59 Å². The fourth-order valence-electron chi connectivity index (χ4n) is 0.887. The van der Waals surface area contributed by atoms with Gasteiger partial charge in [0.05, 0.1) is 6.54 Å². The quantitative estimate of drug-likeness (QED) is 0.664. The molecule has 0 spiro atoms. The average molecular weight is 193 g/mol. The van der Waals surface area contributed by atoms with Crippen LogP contribution in [0.25, 0.3) is 0 Å². The smallest absolute Gasteiger partial charge is 0.207 e. The predicted molar refractivity (Wildman–Crippen MR) is 51.0 cm³/mol.